The van der Waals surface area contributed by atoms with Crippen molar-refractivity contribution in [3.05, 3.63) is 71.0 Å². The van der Waals surface area contributed by atoms with Crippen molar-refractivity contribution in [3.63, 3.8) is 0 Å². The van der Waals surface area contributed by atoms with Gasteiger partial charge in [-0.15, -0.1) is 0 Å². The van der Waals surface area contributed by atoms with E-state index in [1.54, 1.807) is 29.9 Å². The summed E-state index contributed by atoms with van der Waals surface area (Å²) in [4.78, 5) is 32.3. The Morgan fingerprint density at radius 1 is 1.16 bits per heavy atom. The van der Waals surface area contributed by atoms with Gasteiger partial charge in [-0.1, -0.05) is 35.9 Å². The largest absolute Gasteiger partial charge is 0.335 e. The number of nitrogens with one attached hydrogen (secondary N) is 1. The number of rotatable bonds is 4. The SMILES string of the molecule is CS(=O)(=O)c1ccc(CN2C(=O)NC3SC=C(C#CCc4cccnc4)N3C2=O)cc1. The van der Waals surface area contributed by atoms with E-state index in [9.17, 15) is 18.0 Å². The van der Waals surface area contributed by atoms with Crippen molar-refractivity contribution in [2.45, 2.75) is 23.4 Å². The molecular weight excluding hydrogens is 436 g/mol. The summed E-state index contributed by atoms with van der Waals surface area (Å²) in [6.45, 7) is 0.0129. The summed E-state index contributed by atoms with van der Waals surface area (Å²) in [5.74, 6) is 6.05. The molecular formula is C21H18N4O4S2. The summed E-state index contributed by atoms with van der Waals surface area (Å²) in [5.41, 5.74) is 1.58. The molecule has 4 amide bonds. The summed E-state index contributed by atoms with van der Waals surface area (Å²) in [5, 5.41) is 4.54. The molecule has 0 bridgehead atoms. The molecule has 158 valence electrons. The van der Waals surface area contributed by atoms with E-state index in [2.05, 4.69) is 22.1 Å². The number of aromatic nitrogens is 1. The Bertz CT molecular complexity index is 1220. The normalized spacial score (nSPS) is 18.1. The smallest absolute Gasteiger partial charge is 0.308 e. The molecule has 1 N–H and O–H groups in total. The molecule has 0 aliphatic carbocycles. The summed E-state index contributed by atoms with van der Waals surface area (Å²) in [6, 6.07) is 8.87. The van der Waals surface area contributed by atoms with Gasteiger partial charge in [-0.3, -0.25) is 9.88 Å². The van der Waals surface area contributed by atoms with E-state index in [1.165, 1.54) is 28.8 Å². The van der Waals surface area contributed by atoms with Crippen molar-refractivity contribution in [2.75, 3.05) is 6.26 Å². The lowest BCUT2D eigenvalue weighted by atomic mass is 10.2. The highest BCUT2D eigenvalue weighted by atomic mass is 32.2. The highest BCUT2D eigenvalue weighted by Gasteiger charge is 2.42. The van der Waals surface area contributed by atoms with Crippen molar-refractivity contribution in [2.24, 2.45) is 0 Å². The number of amides is 4. The second-order valence-corrected chi connectivity index (χ2v) is 9.91. The number of carbonyl (C=O) groups is 2. The first-order chi connectivity index (χ1) is 14.8. The lowest BCUT2D eigenvalue weighted by Gasteiger charge is -2.36. The zero-order valence-corrected chi connectivity index (χ0v) is 18.1. The maximum Gasteiger partial charge on any atom is 0.335 e. The van der Waals surface area contributed by atoms with E-state index in [0.717, 1.165) is 16.7 Å². The first-order valence-electron chi connectivity index (χ1n) is 9.26. The number of hydrogen-bond acceptors (Lipinski definition) is 6. The lowest BCUT2D eigenvalue weighted by Crippen LogP contribution is -2.61. The van der Waals surface area contributed by atoms with Gasteiger partial charge in [0, 0.05) is 30.5 Å². The molecule has 1 aromatic heterocycles. The van der Waals surface area contributed by atoms with Crippen LogP contribution in [-0.2, 0) is 22.8 Å². The fraction of sp³-hybridized carbons (Fsp3) is 0.190. The van der Waals surface area contributed by atoms with Crippen molar-refractivity contribution < 1.29 is 18.0 Å². The van der Waals surface area contributed by atoms with Crippen LogP contribution < -0.4 is 5.32 Å². The third kappa shape index (κ3) is 4.57. The standard InChI is InChI=1S/C21H18N4O4S2/c1-31(28,29)18-9-7-16(8-10-18)13-24-19(26)23-20-25(21(24)27)17(14-30-20)6-2-4-15-5-3-11-22-12-15/h3,5,7-12,14,20H,4,13H2,1H3,(H,23,26). The zero-order chi connectivity index (χ0) is 22.0. The van der Waals surface area contributed by atoms with Crippen LogP contribution in [0.2, 0.25) is 0 Å². The maximum absolute atomic E-state index is 13.1. The number of fused-ring (bicyclic) bond motifs is 1. The summed E-state index contributed by atoms with van der Waals surface area (Å²) in [6.07, 6.45) is 5.04. The van der Waals surface area contributed by atoms with Crippen LogP contribution in [0.3, 0.4) is 0 Å². The van der Waals surface area contributed by atoms with E-state index >= 15 is 0 Å². The molecule has 0 radical (unpaired) electrons. The second kappa shape index (κ2) is 8.45. The van der Waals surface area contributed by atoms with Crippen LogP contribution in [0.1, 0.15) is 11.1 Å². The van der Waals surface area contributed by atoms with Gasteiger partial charge in [-0.25, -0.2) is 22.9 Å². The number of benzene rings is 1. The number of urea groups is 2. The fourth-order valence-corrected chi connectivity index (χ4v) is 4.62. The predicted octanol–water partition coefficient (Wildman–Crippen LogP) is 2.55. The Kier molecular flexibility index (Phi) is 5.71. The molecule has 1 fully saturated rings. The molecule has 1 saturated heterocycles. The number of hydrogen-bond donors (Lipinski definition) is 1. The van der Waals surface area contributed by atoms with Gasteiger partial charge in [-0.2, -0.15) is 0 Å². The molecule has 1 aromatic carbocycles. The Balaban J connectivity index is 1.49. The molecule has 1 atom stereocenters. The molecule has 0 spiro atoms. The van der Waals surface area contributed by atoms with E-state index in [-0.39, 0.29) is 11.4 Å². The Hall–Kier alpha value is -3.29. The summed E-state index contributed by atoms with van der Waals surface area (Å²) >= 11 is 1.30. The van der Waals surface area contributed by atoms with Gasteiger partial charge in [0.1, 0.15) is 5.70 Å². The van der Waals surface area contributed by atoms with Crippen molar-refractivity contribution in [3.8, 4) is 11.8 Å². The molecule has 1 unspecified atom stereocenters. The van der Waals surface area contributed by atoms with Gasteiger partial charge in [0.2, 0.25) is 0 Å². The minimum Gasteiger partial charge on any atom is -0.308 e. The molecule has 2 aliphatic rings. The van der Waals surface area contributed by atoms with Crippen LogP contribution in [0.15, 0.2) is 64.8 Å². The number of thioether (sulfide) groups is 1. The van der Waals surface area contributed by atoms with E-state index in [0.29, 0.717) is 17.7 Å². The van der Waals surface area contributed by atoms with Gasteiger partial charge in [0.05, 0.1) is 11.4 Å². The number of carbonyl (C=O) groups excluding carboxylic acids is 2. The summed E-state index contributed by atoms with van der Waals surface area (Å²) in [7, 11) is -3.32. The van der Waals surface area contributed by atoms with Crippen LogP contribution in [-0.4, -0.2) is 47.0 Å². The topological polar surface area (TPSA) is 99.7 Å². The Morgan fingerprint density at radius 3 is 2.61 bits per heavy atom. The first kappa shape index (κ1) is 21.0. The summed E-state index contributed by atoms with van der Waals surface area (Å²) < 4.78 is 23.2. The third-order valence-electron chi connectivity index (χ3n) is 4.66. The van der Waals surface area contributed by atoms with Crippen LogP contribution in [0.5, 0.6) is 0 Å². The molecule has 2 aromatic rings. The maximum atomic E-state index is 13.1. The Labute approximate surface area is 184 Å². The molecule has 31 heavy (non-hydrogen) atoms. The minimum absolute atomic E-state index is 0.0129. The van der Waals surface area contributed by atoms with Crippen LogP contribution in [0.25, 0.3) is 0 Å². The number of pyridine rings is 1. The van der Waals surface area contributed by atoms with Crippen LogP contribution in [0.4, 0.5) is 9.59 Å². The molecule has 3 heterocycles. The van der Waals surface area contributed by atoms with Gasteiger partial charge in [-0.05, 0) is 35.2 Å². The Morgan fingerprint density at radius 2 is 1.94 bits per heavy atom. The van der Waals surface area contributed by atoms with Gasteiger partial charge >= 0.3 is 12.1 Å². The van der Waals surface area contributed by atoms with E-state index in [1.807, 2.05) is 12.1 Å². The van der Waals surface area contributed by atoms with E-state index < -0.39 is 27.4 Å². The number of sulfone groups is 1. The molecule has 10 heteroatoms. The predicted molar refractivity (Wildman–Crippen MR) is 116 cm³/mol. The highest BCUT2D eigenvalue weighted by molar-refractivity contribution is 8.02. The quantitative estimate of drug-likeness (QED) is 0.713. The fourth-order valence-electron chi connectivity index (χ4n) is 3.07. The van der Waals surface area contributed by atoms with Gasteiger partial charge < -0.3 is 5.32 Å². The van der Waals surface area contributed by atoms with Crippen molar-refractivity contribution in [1.29, 1.82) is 0 Å². The van der Waals surface area contributed by atoms with Gasteiger partial charge in [0.25, 0.3) is 0 Å². The van der Waals surface area contributed by atoms with Crippen molar-refractivity contribution >= 4 is 33.7 Å². The van der Waals surface area contributed by atoms with Crippen molar-refractivity contribution in [1.82, 2.24) is 20.1 Å². The number of imide groups is 1. The minimum atomic E-state index is -3.32. The van der Waals surface area contributed by atoms with E-state index in [4.69, 9.17) is 0 Å². The highest BCUT2D eigenvalue weighted by Crippen LogP contribution is 2.33. The molecule has 8 nitrogen and oxygen atoms in total. The molecule has 0 saturated carbocycles. The lowest BCUT2D eigenvalue weighted by molar-refractivity contribution is 0.138. The molecule has 2 aliphatic heterocycles. The number of allylic oxidation sites excluding steroid dienone is 1. The van der Waals surface area contributed by atoms with Gasteiger partial charge in [0.15, 0.2) is 15.3 Å². The third-order valence-corrected chi connectivity index (χ3v) is 6.73. The first-order valence-corrected chi connectivity index (χ1v) is 12.1. The van der Waals surface area contributed by atoms with Crippen LogP contribution in [0, 0.1) is 11.8 Å². The second-order valence-electron chi connectivity index (χ2n) is 6.94. The average Bonchev–Trinajstić information content (AvgIpc) is 3.14. The number of nitrogens with zero attached hydrogens (tertiary/aromatic N) is 3. The van der Waals surface area contributed by atoms with Crippen LogP contribution >= 0.6 is 11.8 Å². The average molecular weight is 455 g/mol. The zero-order valence-electron chi connectivity index (χ0n) is 16.5. The molecule has 4 rings (SSSR count). The monoisotopic (exact) mass is 454 g/mol.